The Kier molecular flexibility index (Phi) is 4.73. The van der Waals surface area contributed by atoms with Crippen LogP contribution in [-0.2, 0) is 13.1 Å². The Balaban J connectivity index is 1.55. The number of para-hydroxylation sites is 2. The fourth-order valence-corrected chi connectivity index (χ4v) is 4.81. The van der Waals surface area contributed by atoms with Crippen LogP contribution in [0.4, 0.5) is 0 Å². The Hall–Kier alpha value is -4.41. The number of ketones is 2. The van der Waals surface area contributed by atoms with E-state index in [1.165, 1.54) is 10.9 Å². The van der Waals surface area contributed by atoms with E-state index >= 15 is 0 Å². The molecule has 0 bridgehead atoms. The van der Waals surface area contributed by atoms with Gasteiger partial charge in [-0.05, 0) is 12.1 Å². The number of hydrogen-bond donors (Lipinski definition) is 2. The summed E-state index contributed by atoms with van der Waals surface area (Å²) < 4.78 is 3.79. The summed E-state index contributed by atoms with van der Waals surface area (Å²) in [6.07, 6.45) is 1.83. The smallest absolute Gasteiger partial charge is 0.224 e. The largest absolute Gasteiger partial charge is 0.618 e. The highest BCUT2D eigenvalue weighted by molar-refractivity contribution is 6.34. The van der Waals surface area contributed by atoms with Gasteiger partial charge in [-0.3, -0.25) is 9.59 Å². The fourth-order valence-electron chi connectivity index (χ4n) is 4.81. The van der Waals surface area contributed by atoms with Crippen molar-refractivity contribution in [3.63, 3.8) is 0 Å². The number of rotatable bonds is 5. The van der Waals surface area contributed by atoms with Gasteiger partial charge in [0.05, 0.1) is 54.1 Å². The molecule has 10 heteroatoms. The van der Waals surface area contributed by atoms with E-state index < -0.39 is 12.7 Å². The number of fused-ring (bicyclic) bond motifs is 6. The lowest BCUT2D eigenvalue weighted by Gasteiger charge is -2.18. The molecule has 0 fully saturated rings. The van der Waals surface area contributed by atoms with Crippen LogP contribution in [0.5, 0.6) is 0 Å². The molecular formula is C25H19N5O5. The molecule has 3 heterocycles. The molecule has 5 aromatic rings. The number of carbonyl (C=O) groups excluding carboxylic acids is 2. The SMILES string of the molecule is O=C1c2c[n+]([O-])c3ccccc3c2C(=O)c2c1c1ccccc1n2Cc1cn(CC(O)CO)nn1. The van der Waals surface area contributed by atoms with Crippen LogP contribution in [0.25, 0.3) is 21.8 Å². The first-order chi connectivity index (χ1) is 17.0. The third kappa shape index (κ3) is 3.15. The van der Waals surface area contributed by atoms with Gasteiger partial charge in [-0.1, -0.05) is 35.5 Å². The minimum Gasteiger partial charge on any atom is -0.618 e. The highest BCUT2D eigenvalue weighted by Crippen LogP contribution is 2.37. The summed E-state index contributed by atoms with van der Waals surface area (Å²) in [6.45, 7) is -0.177. The number of aliphatic hydroxyl groups is 2. The number of pyridine rings is 1. The highest BCUT2D eigenvalue weighted by atomic mass is 16.5. The quantitative estimate of drug-likeness (QED) is 0.286. The van der Waals surface area contributed by atoms with Gasteiger partial charge in [0.1, 0.15) is 11.4 Å². The van der Waals surface area contributed by atoms with Crippen LogP contribution < -0.4 is 4.73 Å². The molecule has 0 radical (unpaired) electrons. The molecule has 0 aliphatic heterocycles. The summed E-state index contributed by atoms with van der Waals surface area (Å²) in [5, 5.41) is 40.6. The minimum atomic E-state index is -0.975. The first-order valence-corrected chi connectivity index (χ1v) is 11.0. The van der Waals surface area contributed by atoms with E-state index in [1.807, 2.05) is 12.1 Å². The maximum Gasteiger partial charge on any atom is 0.224 e. The summed E-state index contributed by atoms with van der Waals surface area (Å²) in [5.41, 5.74) is 2.30. The van der Waals surface area contributed by atoms with Gasteiger partial charge < -0.3 is 20.0 Å². The zero-order valence-corrected chi connectivity index (χ0v) is 18.3. The Labute approximate surface area is 197 Å². The van der Waals surface area contributed by atoms with E-state index in [0.717, 1.165) is 0 Å². The molecular weight excluding hydrogens is 450 g/mol. The number of aromatic nitrogens is 5. The Morgan fingerprint density at radius 2 is 1.74 bits per heavy atom. The van der Waals surface area contributed by atoms with Gasteiger partial charge in [0, 0.05) is 17.0 Å². The van der Waals surface area contributed by atoms with E-state index in [1.54, 1.807) is 47.2 Å². The molecule has 174 valence electrons. The van der Waals surface area contributed by atoms with E-state index in [0.29, 0.717) is 32.2 Å². The lowest BCUT2D eigenvalue weighted by atomic mass is 9.85. The second-order valence-corrected chi connectivity index (χ2v) is 8.51. The standard InChI is InChI=1S/C25H19N5O5/c31-13-15(32)11-28-9-14(26-27-28)10-29-19-7-3-1-5-16(19)22-23(29)25(34)21-17-6-2-4-8-20(17)30(35)12-18(21)24(22)33/h1-9,12,15,31-32H,10-11,13H2. The second-order valence-electron chi connectivity index (χ2n) is 8.51. The topological polar surface area (TPSA) is 137 Å². The molecule has 0 spiro atoms. The van der Waals surface area contributed by atoms with Crippen LogP contribution in [0.2, 0.25) is 0 Å². The molecule has 0 amide bonds. The average Bonchev–Trinajstić information content (AvgIpc) is 3.45. The predicted octanol–water partition coefficient (Wildman–Crippen LogP) is 1.20. The molecule has 0 saturated carbocycles. The van der Waals surface area contributed by atoms with Crippen molar-refractivity contribution in [3.8, 4) is 0 Å². The van der Waals surface area contributed by atoms with Crippen molar-refractivity contribution >= 4 is 33.4 Å². The van der Waals surface area contributed by atoms with Crippen LogP contribution in [-0.4, -0.2) is 54.1 Å². The van der Waals surface area contributed by atoms with Gasteiger partial charge in [0.15, 0.2) is 6.20 Å². The number of aliphatic hydroxyl groups excluding tert-OH is 2. The van der Waals surface area contributed by atoms with Crippen LogP contribution in [0.1, 0.15) is 37.7 Å². The Bertz CT molecular complexity index is 1670. The third-order valence-corrected chi connectivity index (χ3v) is 6.33. The maximum absolute atomic E-state index is 14.0. The highest BCUT2D eigenvalue weighted by Gasteiger charge is 2.39. The van der Waals surface area contributed by atoms with Crippen molar-refractivity contribution in [1.82, 2.24) is 19.6 Å². The molecule has 0 saturated heterocycles. The van der Waals surface area contributed by atoms with Crippen LogP contribution in [0.3, 0.4) is 0 Å². The molecule has 2 N–H and O–H groups in total. The summed E-state index contributed by atoms with van der Waals surface area (Å²) >= 11 is 0. The summed E-state index contributed by atoms with van der Waals surface area (Å²) in [5.74, 6) is -0.722. The van der Waals surface area contributed by atoms with E-state index in [4.69, 9.17) is 5.11 Å². The normalized spacial score (nSPS) is 13.9. The zero-order valence-electron chi connectivity index (χ0n) is 18.3. The molecule has 3 aromatic heterocycles. The predicted molar refractivity (Wildman–Crippen MR) is 124 cm³/mol. The van der Waals surface area contributed by atoms with Crippen molar-refractivity contribution < 1.29 is 24.5 Å². The van der Waals surface area contributed by atoms with Gasteiger partial charge in [-0.2, -0.15) is 4.73 Å². The maximum atomic E-state index is 14.0. The number of benzene rings is 2. The molecule has 1 unspecified atom stereocenters. The van der Waals surface area contributed by atoms with Crippen molar-refractivity contribution in [1.29, 1.82) is 0 Å². The zero-order chi connectivity index (χ0) is 24.3. The monoisotopic (exact) mass is 469 g/mol. The van der Waals surface area contributed by atoms with E-state index in [2.05, 4.69) is 10.3 Å². The lowest BCUT2D eigenvalue weighted by molar-refractivity contribution is -0.577. The minimum absolute atomic E-state index is 0.0695. The molecule has 6 rings (SSSR count). The molecule has 1 atom stereocenters. The average molecular weight is 469 g/mol. The van der Waals surface area contributed by atoms with Crippen LogP contribution >= 0.6 is 0 Å². The van der Waals surface area contributed by atoms with E-state index in [9.17, 15) is 19.9 Å². The first kappa shape index (κ1) is 21.1. The number of nitrogens with zero attached hydrogens (tertiary/aromatic N) is 5. The van der Waals surface area contributed by atoms with Gasteiger partial charge in [-0.25, -0.2) is 4.68 Å². The van der Waals surface area contributed by atoms with Gasteiger partial charge in [-0.15, -0.1) is 5.10 Å². The van der Waals surface area contributed by atoms with Gasteiger partial charge in [0.2, 0.25) is 17.1 Å². The molecule has 35 heavy (non-hydrogen) atoms. The summed E-state index contributed by atoms with van der Waals surface area (Å²) in [6, 6.07) is 13.9. The lowest BCUT2D eigenvalue weighted by Crippen LogP contribution is -2.33. The number of hydrogen-bond acceptors (Lipinski definition) is 7. The van der Waals surface area contributed by atoms with Crippen molar-refractivity contribution in [2.45, 2.75) is 19.2 Å². The van der Waals surface area contributed by atoms with Gasteiger partial charge in [0.25, 0.3) is 0 Å². The first-order valence-electron chi connectivity index (χ1n) is 11.0. The molecule has 1 aliphatic rings. The Morgan fingerprint density at radius 3 is 2.54 bits per heavy atom. The van der Waals surface area contributed by atoms with E-state index in [-0.39, 0.29) is 47.0 Å². The molecule has 2 aromatic carbocycles. The summed E-state index contributed by atoms with van der Waals surface area (Å²) in [4.78, 5) is 27.6. The van der Waals surface area contributed by atoms with Crippen LogP contribution in [0.15, 0.2) is 60.9 Å². The summed E-state index contributed by atoms with van der Waals surface area (Å²) in [7, 11) is 0. The molecule has 10 nitrogen and oxygen atoms in total. The van der Waals surface area contributed by atoms with Crippen molar-refractivity contribution in [2.24, 2.45) is 0 Å². The van der Waals surface area contributed by atoms with Crippen LogP contribution in [0, 0.1) is 5.21 Å². The Morgan fingerprint density at radius 1 is 1.00 bits per heavy atom. The molecule has 1 aliphatic carbocycles. The van der Waals surface area contributed by atoms with Crippen molar-refractivity contribution in [2.75, 3.05) is 6.61 Å². The second kappa shape index (κ2) is 7.83. The van der Waals surface area contributed by atoms with Crippen molar-refractivity contribution in [3.05, 3.63) is 94.2 Å². The number of carbonyl (C=O) groups is 2. The van der Waals surface area contributed by atoms with Gasteiger partial charge >= 0.3 is 0 Å². The third-order valence-electron chi connectivity index (χ3n) is 6.33. The fraction of sp³-hybridized carbons (Fsp3) is 0.160.